The van der Waals surface area contributed by atoms with Crippen LogP contribution in [0.15, 0.2) is 41.0 Å². The molecule has 166 valence electrons. The fraction of sp³-hybridized carbons (Fsp3) is 0.435. The SMILES string of the molecule is CCCCN1C(=O)CCC(C(=O)NNC(=O)c2ccoc2C)C1c1ccccc1OC. The largest absolute Gasteiger partial charge is 0.496 e. The number of carbonyl (C=O) groups excluding carboxylic acids is 3. The second-order valence-electron chi connectivity index (χ2n) is 7.61. The number of nitrogens with zero attached hydrogens (tertiary/aromatic N) is 1. The van der Waals surface area contributed by atoms with Gasteiger partial charge in [-0.05, 0) is 31.9 Å². The molecule has 1 aromatic carbocycles. The van der Waals surface area contributed by atoms with E-state index in [1.165, 1.54) is 6.26 Å². The minimum atomic E-state index is -0.531. The third-order valence-corrected chi connectivity index (χ3v) is 5.66. The molecule has 2 unspecified atom stereocenters. The summed E-state index contributed by atoms with van der Waals surface area (Å²) < 4.78 is 10.7. The van der Waals surface area contributed by atoms with E-state index >= 15 is 0 Å². The van der Waals surface area contributed by atoms with Crippen LogP contribution >= 0.6 is 0 Å². The van der Waals surface area contributed by atoms with Crippen molar-refractivity contribution in [1.29, 1.82) is 0 Å². The van der Waals surface area contributed by atoms with Gasteiger partial charge in [-0.1, -0.05) is 31.5 Å². The van der Waals surface area contributed by atoms with Gasteiger partial charge in [0.1, 0.15) is 11.5 Å². The van der Waals surface area contributed by atoms with Gasteiger partial charge in [-0.2, -0.15) is 0 Å². The average molecular weight is 428 g/mol. The standard InChI is InChI=1S/C23H29N3O5/c1-4-5-13-26-20(27)11-10-18(21(26)17-8-6-7-9-19(17)30-3)23(29)25-24-22(28)16-12-14-31-15(16)2/h6-9,12,14,18,21H,4-5,10-11,13H2,1-3H3,(H,24,28)(H,25,29). The van der Waals surface area contributed by atoms with Gasteiger partial charge in [0.2, 0.25) is 11.8 Å². The third-order valence-electron chi connectivity index (χ3n) is 5.66. The van der Waals surface area contributed by atoms with E-state index in [1.807, 2.05) is 24.3 Å². The van der Waals surface area contributed by atoms with E-state index < -0.39 is 17.9 Å². The number of nitrogens with one attached hydrogen (secondary N) is 2. The second kappa shape index (κ2) is 10.1. The smallest absolute Gasteiger partial charge is 0.273 e. The van der Waals surface area contributed by atoms with E-state index in [0.717, 1.165) is 18.4 Å². The van der Waals surface area contributed by atoms with Crippen molar-refractivity contribution >= 4 is 17.7 Å². The number of rotatable bonds is 7. The Morgan fingerprint density at radius 1 is 1.23 bits per heavy atom. The summed E-state index contributed by atoms with van der Waals surface area (Å²) in [6.45, 7) is 4.29. The van der Waals surface area contributed by atoms with E-state index in [9.17, 15) is 14.4 Å². The Morgan fingerprint density at radius 2 is 2.00 bits per heavy atom. The van der Waals surface area contributed by atoms with Gasteiger partial charge in [0.25, 0.3) is 5.91 Å². The quantitative estimate of drug-likeness (QED) is 0.661. The number of amides is 3. The third kappa shape index (κ3) is 4.90. The van der Waals surface area contributed by atoms with Crippen molar-refractivity contribution in [1.82, 2.24) is 15.8 Å². The van der Waals surface area contributed by atoms with Crippen molar-refractivity contribution in [3.05, 3.63) is 53.5 Å². The lowest BCUT2D eigenvalue weighted by atomic mass is 9.83. The number of para-hydroxylation sites is 1. The highest BCUT2D eigenvalue weighted by atomic mass is 16.5. The van der Waals surface area contributed by atoms with Crippen LogP contribution in [0.2, 0.25) is 0 Å². The Labute approximate surface area is 181 Å². The van der Waals surface area contributed by atoms with Gasteiger partial charge in [-0.25, -0.2) is 0 Å². The first-order valence-electron chi connectivity index (χ1n) is 10.5. The summed E-state index contributed by atoms with van der Waals surface area (Å²) >= 11 is 0. The monoisotopic (exact) mass is 427 g/mol. The van der Waals surface area contributed by atoms with E-state index in [4.69, 9.17) is 9.15 Å². The number of unbranched alkanes of at least 4 members (excludes halogenated alkanes) is 1. The van der Waals surface area contributed by atoms with Crippen LogP contribution < -0.4 is 15.6 Å². The van der Waals surface area contributed by atoms with Crippen LogP contribution in [0, 0.1) is 12.8 Å². The fourth-order valence-corrected chi connectivity index (χ4v) is 4.01. The number of benzene rings is 1. The number of piperidine rings is 1. The van der Waals surface area contributed by atoms with Crippen LogP contribution in [0.3, 0.4) is 0 Å². The fourth-order valence-electron chi connectivity index (χ4n) is 4.01. The number of aryl methyl sites for hydroxylation is 1. The first kappa shape index (κ1) is 22.4. The summed E-state index contributed by atoms with van der Waals surface area (Å²) in [5, 5.41) is 0. The lowest BCUT2D eigenvalue weighted by molar-refractivity contribution is -0.143. The van der Waals surface area contributed by atoms with Crippen LogP contribution in [-0.2, 0) is 9.59 Å². The van der Waals surface area contributed by atoms with Crippen molar-refractivity contribution in [2.45, 2.75) is 45.6 Å². The zero-order valence-corrected chi connectivity index (χ0v) is 18.1. The normalized spacial score (nSPS) is 18.5. The lowest BCUT2D eigenvalue weighted by Crippen LogP contribution is -2.52. The molecule has 1 aromatic heterocycles. The van der Waals surface area contributed by atoms with Crippen LogP contribution in [0.25, 0.3) is 0 Å². The predicted octanol–water partition coefficient (Wildman–Crippen LogP) is 3.14. The highest BCUT2D eigenvalue weighted by Gasteiger charge is 2.41. The van der Waals surface area contributed by atoms with Gasteiger partial charge in [0.15, 0.2) is 0 Å². The van der Waals surface area contributed by atoms with E-state index in [1.54, 1.807) is 25.0 Å². The molecule has 1 aliphatic rings. The molecule has 1 aliphatic heterocycles. The molecule has 0 spiro atoms. The molecule has 2 aromatic rings. The number of hydrazine groups is 1. The molecular formula is C23H29N3O5. The summed E-state index contributed by atoms with van der Waals surface area (Å²) in [6.07, 6.45) is 3.85. The van der Waals surface area contributed by atoms with E-state index in [-0.39, 0.29) is 18.2 Å². The second-order valence-corrected chi connectivity index (χ2v) is 7.61. The molecule has 8 heteroatoms. The van der Waals surface area contributed by atoms with Gasteiger partial charge in [0, 0.05) is 18.5 Å². The van der Waals surface area contributed by atoms with Crippen molar-refractivity contribution in [3.63, 3.8) is 0 Å². The van der Waals surface area contributed by atoms with Gasteiger partial charge < -0.3 is 14.1 Å². The van der Waals surface area contributed by atoms with E-state index in [2.05, 4.69) is 17.8 Å². The number of furan rings is 1. The van der Waals surface area contributed by atoms with Crippen molar-refractivity contribution in [3.8, 4) is 5.75 Å². The van der Waals surface area contributed by atoms with Gasteiger partial charge >= 0.3 is 0 Å². The molecule has 0 aliphatic carbocycles. The Morgan fingerprint density at radius 3 is 2.68 bits per heavy atom. The first-order valence-corrected chi connectivity index (χ1v) is 10.5. The molecule has 0 saturated carbocycles. The maximum Gasteiger partial charge on any atom is 0.273 e. The molecule has 2 N–H and O–H groups in total. The highest BCUT2D eigenvalue weighted by molar-refractivity contribution is 5.96. The Kier molecular flexibility index (Phi) is 7.33. The molecule has 31 heavy (non-hydrogen) atoms. The molecule has 0 bridgehead atoms. The Bertz CT molecular complexity index is 939. The average Bonchev–Trinajstić information content (AvgIpc) is 3.22. The zero-order chi connectivity index (χ0) is 22.4. The summed E-state index contributed by atoms with van der Waals surface area (Å²) in [6, 6.07) is 8.50. The Balaban J connectivity index is 1.85. The number of likely N-dealkylation sites (tertiary alicyclic amines) is 1. The topological polar surface area (TPSA) is 101 Å². The molecule has 2 atom stereocenters. The molecule has 1 fully saturated rings. The minimum absolute atomic E-state index is 0.0199. The summed E-state index contributed by atoms with van der Waals surface area (Å²) in [4.78, 5) is 40.1. The van der Waals surface area contributed by atoms with Crippen LogP contribution in [-0.4, -0.2) is 36.3 Å². The van der Waals surface area contributed by atoms with Gasteiger partial charge in [-0.15, -0.1) is 0 Å². The molecule has 8 nitrogen and oxygen atoms in total. The molecule has 3 amide bonds. The maximum atomic E-state index is 13.1. The number of carbonyl (C=O) groups is 3. The first-order chi connectivity index (χ1) is 15.0. The highest BCUT2D eigenvalue weighted by Crippen LogP contribution is 2.40. The van der Waals surface area contributed by atoms with Crippen molar-refractivity contribution in [2.24, 2.45) is 5.92 Å². The zero-order valence-electron chi connectivity index (χ0n) is 18.1. The van der Waals surface area contributed by atoms with Crippen LogP contribution in [0.4, 0.5) is 0 Å². The molecule has 1 saturated heterocycles. The summed E-state index contributed by atoms with van der Waals surface area (Å²) in [5.74, 6) is -0.224. The lowest BCUT2D eigenvalue weighted by Gasteiger charge is -2.41. The van der Waals surface area contributed by atoms with Crippen LogP contribution in [0.1, 0.15) is 60.3 Å². The number of hydrogen-bond donors (Lipinski definition) is 2. The molecular weight excluding hydrogens is 398 g/mol. The van der Waals surface area contributed by atoms with E-state index in [0.29, 0.717) is 30.0 Å². The molecule has 3 rings (SSSR count). The summed E-state index contributed by atoms with van der Waals surface area (Å²) in [5.41, 5.74) is 6.13. The summed E-state index contributed by atoms with van der Waals surface area (Å²) in [7, 11) is 1.57. The van der Waals surface area contributed by atoms with Gasteiger partial charge in [-0.3, -0.25) is 25.2 Å². The number of methoxy groups -OCH3 is 1. The Hall–Kier alpha value is -3.29. The van der Waals surface area contributed by atoms with Gasteiger partial charge in [0.05, 0.1) is 30.9 Å². The predicted molar refractivity (Wildman–Crippen MR) is 114 cm³/mol. The number of hydrogen-bond acceptors (Lipinski definition) is 5. The minimum Gasteiger partial charge on any atom is -0.496 e. The van der Waals surface area contributed by atoms with Crippen molar-refractivity contribution < 1.29 is 23.5 Å². The molecule has 2 heterocycles. The number of ether oxygens (including phenoxy) is 1. The molecule has 0 radical (unpaired) electrons. The van der Waals surface area contributed by atoms with Crippen molar-refractivity contribution in [2.75, 3.05) is 13.7 Å². The maximum absolute atomic E-state index is 13.1. The van der Waals surface area contributed by atoms with Crippen LogP contribution in [0.5, 0.6) is 5.75 Å².